The van der Waals surface area contributed by atoms with Gasteiger partial charge in [-0.2, -0.15) is 0 Å². The van der Waals surface area contributed by atoms with Crippen molar-refractivity contribution in [2.75, 3.05) is 16.2 Å². The summed E-state index contributed by atoms with van der Waals surface area (Å²) < 4.78 is 33.8. The molecule has 1 aliphatic heterocycles. The maximum absolute atomic E-state index is 13.4. The monoisotopic (exact) mass is 512 g/mol. The molecule has 1 N–H and O–H groups in total. The second-order valence-electron chi connectivity index (χ2n) is 7.33. The van der Waals surface area contributed by atoms with Crippen molar-refractivity contribution in [2.24, 2.45) is 0 Å². The number of sulfonamides is 1. The van der Waals surface area contributed by atoms with E-state index in [9.17, 15) is 13.2 Å². The van der Waals surface area contributed by atoms with Gasteiger partial charge in [-0.15, -0.1) is 10.2 Å². The molecule has 1 aliphatic rings. The summed E-state index contributed by atoms with van der Waals surface area (Å²) >= 11 is 7.12. The highest BCUT2D eigenvalue weighted by Crippen LogP contribution is 2.37. The van der Waals surface area contributed by atoms with Gasteiger partial charge in [-0.05, 0) is 36.4 Å². The Kier molecular flexibility index (Phi) is 5.94. The largest absolute Gasteiger partial charge is 0.476 e. The van der Waals surface area contributed by atoms with Crippen molar-refractivity contribution in [2.45, 2.75) is 11.0 Å². The van der Waals surface area contributed by atoms with Gasteiger partial charge in [0.05, 0.1) is 17.1 Å². The Morgan fingerprint density at radius 3 is 2.47 bits per heavy atom. The Bertz CT molecular complexity index is 1440. The van der Waals surface area contributed by atoms with Crippen molar-refractivity contribution in [1.82, 2.24) is 10.2 Å². The summed E-state index contributed by atoms with van der Waals surface area (Å²) in [6.07, 6.45) is -1.09. The summed E-state index contributed by atoms with van der Waals surface area (Å²) in [4.78, 5) is 13.2. The van der Waals surface area contributed by atoms with Crippen molar-refractivity contribution in [3.8, 4) is 16.3 Å². The van der Waals surface area contributed by atoms with Crippen LogP contribution in [0.15, 0.2) is 83.8 Å². The van der Waals surface area contributed by atoms with Crippen LogP contribution in [-0.2, 0) is 14.8 Å². The van der Waals surface area contributed by atoms with Crippen molar-refractivity contribution >= 4 is 49.7 Å². The lowest BCUT2D eigenvalue weighted by Crippen LogP contribution is -2.48. The van der Waals surface area contributed by atoms with Gasteiger partial charge in [-0.3, -0.25) is 14.4 Å². The van der Waals surface area contributed by atoms with Crippen LogP contribution in [0.1, 0.15) is 0 Å². The lowest BCUT2D eigenvalue weighted by atomic mass is 10.2. The second kappa shape index (κ2) is 9.05. The Morgan fingerprint density at radius 2 is 1.71 bits per heavy atom. The Hall–Kier alpha value is -3.47. The first kappa shape index (κ1) is 22.3. The van der Waals surface area contributed by atoms with Crippen molar-refractivity contribution in [1.29, 1.82) is 0 Å². The van der Waals surface area contributed by atoms with Crippen LogP contribution in [0.5, 0.6) is 5.75 Å². The van der Waals surface area contributed by atoms with E-state index in [-0.39, 0.29) is 16.6 Å². The van der Waals surface area contributed by atoms with Crippen LogP contribution in [0.25, 0.3) is 10.6 Å². The predicted molar refractivity (Wildman–Crippen MR) is 131 cm³/mol. The fraction of sp³-hybridized carbons (Fsp3) is 0.0870. The van der Waals surface area contributed by atoms with Crippen LogP contribution in [0.4, 0.5) is 10.8 Å². The minimum atomic E-state index is -3.91. The minimum Gasteiger partial charge on any atom is -0.476 e. The number of aromatic nitrogens is 2. The summed E-state index contributed by atoms with van der Waals surface area (Å²) in [6.45, 7) is -0.192. The molecule has 1 aromatic heterocycles. The molecule has 8 nitrogen and oxygen atoms in total. The molecule has 0 radical (unpaired) electrons. The average Bonchev–Trinajstić information content (AvgIpc) is 3.32. The molecule has 3 aromatic carbocycles. The Balaban J connectivity index is 1.39. The molecule has 1 amide bonds. The number of nitrogens with zero attached hydrogens (tertiary/aromatic N) is 3. The van der Waals surface area contributed by atoms with Gasteiger partial charge in [-0.25, -0.2) is 8.42 Å². The molecular formula is C23H17ClN4O4S2. The van der Waals surface area contributed by atoms with Gasteiger partial charge in [-0.1, -0.05) is 65.4 Å². The Labute approximate surface area is 204 Å². The number of hydrogen-bond acceptors (Lipinski definition) is 7. The van der Waals surface area contributed by atoms with E-state index in [2.05, 4.69) is 15.5 Å². The van der Waals surface area contributed by atoms with Crippen LogP contribution in [0.3, 0.4) is 0 Å². The van der Waals surface area contributed by atoms with Gasteiger partial charge in [0.1, 0.15) is 10.8 Å². The first-order valence-electron chi connectivity index (χ1n) is 10.2. The smallest absolute Gasteiger partial charge is 0.269 e. The van der Waals surface area contributed by atoms with Crippen molar-refractivity contribution in [3.63, 3.8) is 0 Å². The van der Waals surface area contributed by atoms with Crippen LogP contribution < -0.4 is 14.4 Å². The molecule has 0 spiro atoms. The zero-order valence-corrected chi connectivity index (χ0v) is 19.8. The molecule has 4 aromatic rings. The van der Waals surface area contributed by atoms with Gasteiger partial charge in [0.2, 0.25) is 5.13 Å². The topological polar surface area (TPSA) is 101 Å². The zero-order chi connectivity index (χ0) is 23.7. The molecule has 1 unspecified atom stereocenters. The van der Waals surface area contributed by atoms with E-state index in [0.717, 1.165) is 5.56 Å². The van der Waals surface area contributed by atoms with E-state index in [1.54, 1.807) is 54.6 Å². The number of nitrogens with one attached hydrogen (secondary N) is 1. The van der Waals surface area contributed by atoms with E-state index in [1.165, 1.54) is 27.8 Å². The molecule has 0 aliphatic carbocycles. The zero-order valence-electron chi connectivity index (χ0n) is 17.5. The highest BCUT2D eigenvalue weighted by molar-refractivity contribution is 7.92. The van der Waals surface area contributed by atoms with E-state index in [4.69, 9.17) is 16.3 Å². The molecule has 0 fully saturated rings. The summed E-state index contributed by atoms with van der Waals surface area (Å²) in [7, 11) is -3.91. The molecule has 0 saturated carbocycles. The predicted octanol–water partition coefficient (Wildman–Crippen LogP) is 4.45. The maximum Gasteiger partial charge on any atom is 0.269 e. The first-order chi connectivity index (χ1) is 16.4. The van der Waals surface area contributed by atoms with Crippen LogP contribution in [0, 0.1) is 0 Å². The average molecular weight is 513 g/mol. The third-order valence-corrected chi connectivity index (χ3v) is 8.04. The maximum atomic E-state index is 13.4. The molecule has 5 rings (SSSR count). The highest BCUT2D eigenvalue weighted by atomic mass is 35.5. The van der Waals surface area contributed by atoms with Gasteiger partial charge < -0.3 is 4.74 Å². The number of anilines is 2. The third kappa shape index (κ3) is 4.35. The van der Waals surface area contributed by atoms with Crippen LogP contribution >= 0.6 is 22.9 Å². The van der Waals surface area contributed by atoms with Gasteiger partial charge in [0, 0.05) is 10.6 Å². The number of amides is 1. The molecule has 34 heavy (non-hydrogen) atoms. The molecule has 0 bridgehead atoms. The second-order valence-corrected chi connectivity index (χ2v) is 10.6. The molecule has 0 saturated heterocycles. The number of hydrogen-bond donors (Lipinski definition) is 1. The summed E-state index contributed by atoms with van der Waals surface area (Å²) in [5.41, 5.74) is 1.18. The van der Waals surface area contributed by atoms with Crippen molar-refractivity contribution in [3.05, 3.63) is 83.9 Å². The lowest BCUT2D eigenvalue weighted by Gasteiger charge is -2.34. The highest BCUT2D eigenvalue weighted by Gasteiger charge is 2.37. The number of halogens is 1. The summed E-state index contributed by atoms with van der Waals surface area (Å²) in [5.74, 6) is -0.228. The SMILES string of the molecule is O=C(Nc1nnc(-c2ccc(Cl)cc2)s1)C1CN(S(=O)(=O)c2ccccc2)c2ccccc2O1. The van der Waals surface area contributed by atoms with E-state index < -0.39 is 22.0 Å². The van der Waals surface area contributed by atoms with Gasteiger partial charge >= 0.3 is 0 Å². The summed E-state index contributed by atoms with van der Waals surface area (Å²) in [5, 5.41) is 12.3. The molecule has 11 heteroatoms. The van der Waals surface area contributed by atoms with E-state index >= 15 is 0 Å². The molecule has 2 heterocycles. The standard InChI is InChI=1S/C23H17ClN4O4S2/c24-16-12-10-15(11-13-16)22-26-27-23(33-22)25-21(29)20-14-28(18-8-4-5-9-19(18)32-20)34(30,31)17-6-2-1-3-7-17/h1-13,20H,14H2,(H,25,27,29). The number of carbonyl (C=O) groups is 1. The number of carbonyl (C=O) groups excluding carboxylic acids is 1. The van der Waals surface area contributed by atoms with E-state index in [0.29, 0.717) is 21.5 Å². The molecular weight excluding hydrogens is 496 g/mol. The van der Waals surface area contributed by atoms with Crippen LogP contribution in [-0.4, -0.2) is 37.2 Å². The number of benzene rings is 3. The number of rotatable bonds is 5. The number of fused-ring (bicyclic) bond motifs is 1. The molecule has 1 atom stereocenters. The van der Waals surface area contributed by atoms with Crippen LogP contribution in [0.2, 0.25) is 5.02 Å². The van der Waals surface area contributed by atoms with Crippen molar-refractivity contribution < 1.29 is 17.9 Å². The molecule has 172 valence electrons. The quantitative estimate of drug-likeness (QED) is 0.424. The van der Waals surface area contributed by atoms with E-state index in [1.807, 2.05) is 12.1 Å². The minimum absolute atomic E-state index is 0.127. The first-order valence-corrected chi connectivity index (χ1v) is 12.8. The number of ether oxygens (including phenoxy) is 1. The fourth-order valence-electron chi connectivity index (χ4n) is 3.45. The normalized spacial score (nSPS) is 15.3. The number of para-hydroxylation sites is 2. The fourth-order valence-corrected chi connectivity index (χ4v) is 5.83. The third-order valence-electron chi connectivity index (χ3n) is 5.10. The Morgan fingerprint density at radius 1 is 1.00 bits per heavy atom. The lowest BCUT2D eigenvalue weighted by molar-refractivity contribution is -0.122. The van der Waals surface area contributed by atoms with Gasteiger partial charge in [0.15, 0.2) is 6.10 Å². The summed E-state index contributed by atoms with van der Waals surface area (Å²) in [6, 6.07) is 21.9. The van der Waals surface area contributed by atoms with Gasteiger partial charge in [0.25, 0.3) is 15.9 Å².